The van der Waals surface area contributed by atoms with Gasteiger partial charge >= 0.3 is 0 Å². The highest BCUT2D eigenvalue weighted by Crippen LogP contribution is 2.32. The fraction of sp³-hybridized carbons (Fsp3) is 0.235. The first-order valence-corrected chi connectivity index (χ1v) is 15.4. The number of carbonyl (C=O) groups excluding carboxylic acids is 2. The Morgan fingerprint density at radius 3 is 1.98 bits per heavy atom. The summed E-state index contributed by atoms with van der Waals surface area (Å²) in [7, 11) is -1.24. The lowest BCUT2D eigenvalue weighted by atomic mass is 10.0. The van der Waals surface area contributed by atoms with E-state index in [9.17, 15) is 18.0 Å². The zero-order chi connectivity index (χ0) is 31.0. The molecule has 1 unspecified atom stereocenters. The molecule has 0 spiro atoms. The van der Waals surface area contributed by atoms with Gasteiger partial charge in [-0.05, 0) is 49.2 Å². The van der Waals surface area contributed by atoms with Crippen molar-refractivity contribution in [2.75, 3.05) is 25.0 Å². The second-order valence-corrected chi connectivity index (χ2v) is 12.2. The average Bonchev–Trinajstić information content (AvgIpc) is 3.02. The molecule has 4 aromatic carbocycles. The third kappa shape index (κ3) is 7.61. The topological polar surface area (TPSA) is 96.0 Å². The zero-order valence-electron chi connectivity index (χ0n) is 24.9. The van der Waals surface area contributed by atoms with Gasteiger partial charge < -0.3 is 15.0 Å². The Balaban J connectivity index is 1.81. The smallest absolute Gasteiger partial charge is 0.264 e. The first kappa shape index (κ1) is 31.3. The molecule has 0 aliphatic rings. The van der Waals surface area contributed by atoms with Gasteiger partial charge in [0, 0.05) is 20.0 Å². The number of methoxy groups -OCH3 is 1. The largest absolute Gasteiger partial charge is 0.495 e. The van der Waals surface area contributed by atoms with Crippen molar-refractivity contribution in [3.8, 4) is 5.75 Å². The molecule has 0 fully saturated rings. The number of carbonyl (C=O) groups is 2. The van der Waals surface area contributed by atoms with Gasteiger partial charge in [0.2, 0.25) is 11.8 Å². The van der Waals surface area contributed by atoms with Crippen LogP contribution in [0.4, 0.5) is 5.69 Å². The van der Waals surface area contributed by atoms with Crippen LogP contribution < -0.4 is 14.4 Å². The Morgan fingerprint density at radius 2 is 1.37 bits per heavy atom. The number of rotatable bonds is 12. The van der Waals surface area contributed by atoms with Gasteiger partial charge in [-0.3, -0.25) is 13.9 Å². The number of hydrogen-bond donors (Lipinski definition) is 1. The first-order valence-electron chi connectivity index (χ1n) is 14.0. The average molecular weight is 600 g/mol. The van der Waals surface area contributed by atoms with Gasteiger partial charge in [0.25, 0.3) is 10.0 Å². The molecule has 0 saturated carbocycles. The fourth-order valence-corrected chi connectivity index (χ4v) is 6.22. The summed E-state index contributed by atoms with van der Waals surface area (Å²) in [5.74, 6) is -0.593. The van der Waals surface area contributed by atoms with Crippen molar-refractivity contribution in [3.05, 3.63) is 125 Å². The second kappa shape index (κ2) is 14.0. The molecule has 43 heavy (non-hydrogen) atoms. The molecule has 224 valence electrons. The molecule has 9 heteroatoms. The number of anilines is 1. The van der Waals surface area contributed by atoms with Crippen molar-refractivity contribution in [2.24, 2.45) is 0 Å². The lowest BCUT2D eigenvalue weighted by Gasteiger charge is -2.34. The quantitative estimate of drug-likeness (QED) is 0.250. The Bertz CT molecular complexity index is 1640. The first-order chi connectivity index (χ1) is 20.6. The van der Waals surface area contributed by atoms with E-state index in [0.29, 0.717) is 5.75 Å². The summed E-state index contributed by atoms with van der Waals surface area (Å²) in [6.07, 6.45) is 0.248. The van der Waals surface area contributed by atoms with Gasteiger partial charge in [-0.25, -0.2) is 8.42 Å². The van der Waals surface area contributed by atoms with E-state index in [1.54, 1.807) is 36.4 Å². The number of amides is 2. The highest BCUT2D eigenvalue weighted by atomic mass is 32.2. The molecule has 0 aliphatic heterocycles. The van der Waals surface area contributed by atoms with Gasteiger partial charge in [-0.15, -0.1) is 0 Å². The van der Waals surface area contributed by atoms with Crippen LogP contribution >= 0.6 is 0 Å². The van der Waals surface area contributed by atoms with Crippen molar-refractivity contribution in [1.82, 2.24) is 10.2 Å². The normalized spacial score (nSPS) is 11.8. The van der Waals surface area contributed by atoms with Crippen LogP contribution in [0.15, 0.2) is 108 Å². The highest BCUT2D eigenvalue weighted by Gasteiger charge is 2.35. The van der Waals surface area contributed by atoms with Gasteiger partial charge in [0.05, 0.1) is 17.7 Å². The minimum absolute atomic E-state index is 0.0361. The summed E-state index contributed by atoms with van der Waals surface area (Å²) in [6.45, 7) is 3.39. The van der Waals surface area contributed by atoms with Gasteiger partial charge in [-0.1, -0.05) is 90.0 Å². The monoisotopic (exact) mass is 599 g/mol. The number of sulfonamides is 1. The Kier molecular flexibility index (Phi) is 10.2. The summed E-state index contributed by atoms with van der Waals surface area (Å²) >= 11 is 0. The molecule has 0 bridgehead atoms. The molecule has 1 atom stereocenters. The number of aryl methyl sites for hydroxylation is 2. The van der Waals surface area contributed by atoms with E-state index in [-0.39, 0.29) is 29.5 Å². The van der Waals surface area contributed by atoms with Crippen molar-refractivity contribution in [2.45, 2.75) is 37.8 Å². The number of ether oxygens (including phenoxy) is 1. The maximum Gasteiger partial charge on any atom is 0.264 e. The predicted molar refractivity (Wildman–Crippen MR) is 168 cm³/mol. The van der Waals surface area contributed by atoms with E-state index < -0.39 is 28.5 Å². The number of nitrogens with zero attached hydrogens (tertiary/aromatic N) is 2. The van der Waals surface area contributed by atoms with Gasteiger partial charge in [0.15, 0.2) is 0 Å². The molecule has 4 aromatic rings. The SMILES string of the molecule is CNC(=O)C(Cc1ccccc1)N(Cc1ccc(C)cc1)C(=O)CN(c1ccccc1OC)S(=O)(=O)c1ccc(C)cc1. The minimum Gasteiger partial charge on any atom is -0.495 e. The van der Waals surface area contributed by atoms with Crippen LogP contribution in [0.5, 0.6) is 5.75 Å². The van der Waals surface area contributed by atoms with Crippen LogP contribution in [0.25, 0.3) is 0 Å². The summed E-state index contributed by atoms with van der Waals surface area (Å²) in [5, 5.41) is 2.70. The molecular formula is C34H37N3O5S. The molecule has 0 saturated heterocycles. The standard InChI is InChI=1S/C34H37N3O5S/c1-25-14-18-28(19-15-25)23-36(31(34(39)35-3)22-27-10-6-5-7-11-27)33(38)24-37(30-12-8-9-13-32(30)42-4)43(40,41)29-20-16-26(2)17-21-29/h5-21,31H,22-24H2,1-4H3,(H,35,39). The second-order valence-electron chi connectivity index (χ2n) is 10.3. The van der Waals surface area contributed by atoms with E-state index in [4.69, 9.17) is 4.74 Å². The van der Waals surface area contributed by atoms with E-state index in [0.717, 1.165) is 26.6 Å². The third-order valence-corrected chi connectivity index (χ3v) is 9.01. The predicted octanol–water partition coefficient (Wildman–Crippen LogP) is 4.89. The van der Waals surface area contributed by atoms with Crippen molar-refractivity contribution in [1.29, 1.82) is 0 Å². The molecule has 0 radical (unpaired) electrons. The summed E-state index contributed by atoms with van der Waals surface area (Å²) in [4.78, 5) is 29.2. The van der Waals surface area contributed by atoms with Crippen LogP contribution in [-0.4, -0.2) is 51.9 Å². The van der Waals surface area contributed by atoms with E-state index >= 15 is 0 Å². The third-order valence-electron chi connectivity index (χ3n) is 7.23. The van der Waals surface area contributed by atoms with E-state index in [1.807, 2.05) is 68.4 Å². The molecule has 0 aromatic heterocycles. The summed E-state index contributed by atoms with van der Waals surface area (Å²) < 4.78 is 34.8. The van der Waals surface area contributed by atoms with E-state index in [1.165, 1.54) is 31.2 Å². The number of para-hydroxylation sites is 2. The Hall–Kier alpha value is -4.63. The molecular weight excluding hydrogens is 562 g/mol. The maximum atomic E-state index is 14.4. The molecule has 0 heterocycles. The Morgan fingerprint density at radius 1 is 0.791 bits per heavy atom. The van der Waals surface area contributed by atoms with Gasteiger partial charge in [-0.2, -0.15) is 0 Å². The number of likely N-dealkylation sites (N-methyl/N-ethyl adjacent to an activating group) is 1. The van der Waals surface area contributed by atoms with Crippen LogP contribution in [0.2, 0.25) is 0 Å². The Labute approximate surface area is 254 Å². The van der Waals surface area contributed by atoms with Crippen molar-refractivity contribution in [3.63, 3.8) is 0 Å². The fourth-order valence-electron chi connectivity index (χ4n) is 4.80. The molecule has 8 nitrogen and oxygen atoms in total. The van der Waals surface area contributed by atoms with E-state index in [2.05, 4.69) is 5.32 Å². The van der Waals surface area contributed by atoms with Crippen molar-refractivity contribution >= 4 is 27.5 Å². The number of benzene rings is 4. The maximum absolute atomic E-state index is 14.4. The molecule has 2 amide bonds. The van der Waals surface area contributed by atoms with Crippen LogP contribution in [0.3, 0.4) is 0 Å². The number of hydrogen-bond acceptors (Lipinski definition) is 5. The summed E-state index contributed by atoms with van der Waals surface area (Å²) in [6, 6.07) is 29.3. The zero-order valence-corrected chi connectivity index (χ0v) is 25.7. The lowest BCUT2D eigenvalue weighted by Crippen LogP contribution is -2.53. The van der Waals surface area contributed by atoms with Crippen LogP contribution in [0.1, 0.15) is 22.3 Å². The highest BCUT2D eigenvalue weighted by molar-refractivity contribution is 7.92. The molecule has 4 rings (SSSR count). The lowest BCUT2D eigenvalue weighted by molar-refractivity contribution is -0.139. The van der Waals surface area contributed by atoms with Crippen LogP contribution in [-0.2, 0) is 32.6 Å². The van der Waals surface area contributed by atoms with Crippen molar-refractivity contribution < 1.29 is 22.7 Å². The van der Waals surface area contributed by atoms with Crippen LogP contribution in [0, 0.1) is 13.8 Å². The van der Waals surface area contributed by atoms with Gasteiger partial charge in [0.1, 0.15) is 18.3 Å². The number of nitrogens with one attached hydrogen (secondary N) is 1. The molecule has 0 aliphatic carbocycles. The molecule has 1 N–H and O–H groups in total. The summed E-state index contributed by atoms with van der Waals surface area (Å²) in [5.41, 5.74) is 3.85. The minimum atomic E-state index is -4.22.